The van der Waals surface area contributed by atoms with Crippen LogP contribution in [0.5, 0.6) is 11.5 Å². The first kappa shape index (κ1) is 19.0. The van der Waals surface area contributed by atoms with Gasteiger partial charge in [0.1, 0.15) is 17.4 Å². The molecule has 0 radical (unpaired) electrons. The smallest absolute Gasteiger partial charge is 0.430 e. The number of hydrogen-bond acceptors (Lipinski definition) is 7. The fourth-order valence-electron chi connectivity index (χ4n) is 4.05. The van der Waals surface area contributed by atoms with Gasteiger partial charge in [0, 0.05) is 6.04 Å². The highest BCUT2D eigenvalue weighted by atomic mass is 16.6. The predicted octanol–water partition coefficient (Wildman–Crippen LogP) is -0.0267. The third-order valence-corrected chi connectivity index (χ3v) is 5.64. The number of nitrogens with one attached hydrogen (secondary N) is 1. The van der Waals surface area contributed by atoms with Crippen LogP contribution in [-0.4, -0.2) is 70.0 Å². The first-order valence-electron chi connectivity index (χ1n) is 9.63. The molecule has 28 heavy (non-hydrogen) atoms. The molecule has 1 amide bonds. The van der Waals surface area contributed by atoms with Crippen molar-refractivity contribution in [2.75, 3.05) is 13.1 Å². The Balaban J connectivity index is 1.45. The van der Waals surface area contributed by atoms with Crippen molar-refractivity contribution >= 4 is 18.6 Å². The third-order valence-electron chi connectivity index (χ3n) is 5.64. The van der Waals surface area contributed by atoms with E-state index in [4.69, 9.17) is 9.39 Å². The van der Waals surface area contributed by atoms with E-state index in [0.29, 0.717) is 31.1 Å². The van der Waals surface area contributed by atoms with Crippen LogP contribution in [0.4, 0.5) is 0 Å². The molecule has 0 spiro atoms. The first-order chi connectivity index (χ1) is 13.2. The molecule has 0 aromatic heterocycles. The van der Waals surface area contributed by atoms with E-state index in [-0.39, 0.29) is 41.4 Å². The molecule has 0 unspecified atom stereocenters. The van der Waals surface area contributed by atoms with E-state index in [9.17, 15) is 24.7 Å². The van der Waals surface area contributed by atoms with E-state index < -0.39 is 12.7 Å². The fraction of sp³-hybridized carbons (Fsp3) is 0.556. The van der Waals surface area contributed by atoms with Crippen molar-refractivity contribution in [2.24, 2.45) is 0 Å². The van der Waals surface area contributed by atoms with Gasteiger partial charge in [-0.25, -0.2) is 4.79 Å². The summed E-state index contributed by atoms with van der Waals surface area (Å²) in [5.74, 6) is -1.18. The minimum atomic E-state index is -3.08. The van der Waals surface area contributed by atoms with Gasteiger partial charge < -0.3 is 34.8 Å². The Bertz CT molecular complexity index is 809. The molecular weight excluding hydrogens is 367 g/mol. The van der Waals surface area contributed by atoms with Gasteiger partial charge in [-0.05, 0) is 37.8 Å². The summed E-state index contributed by atoms with van der Waals surface area (Å²) in [6.07, 6.45) is 1.79. The summed E-state index contributed by atoms with van der Waals surface area (Å²) in [6.45, 7) is -0.255. The van der Waals surface area contributed by atoms with E-state index in [1.54, 1.807) is 17.0 Å². The number of hydrogen-bond donors (Lipinski definition) is 4. The number of fused-ring (bicyclic) bond motifs is 1. The average Bonchev–Trinajstić information content (AvgIpc) is 3.02. The lowest BCUT2D eigenvalue weighted by Crippen LogP contribution is -2.60. The highest BCUT2D eigenvalue weighted by Crippen LogP contribution is 2.39. The van der Waals surface area contributed by atoms with Gasteiger partial charge in [0.2, 0.25) is 5.91 Å². The molecule has 3 heterocycles. The normalized spacial score (nSPS) is 26.2. The first-order valence-corrected chi connectivity index (χ1v) is 9.63. The highest BCUT2D eigenvalue weighted by Gasteiger charge is 2.39. The number of nitrogens with zero attached hydrogens (tertiary/aromatic N) is 1. The zero-order chi connectivity index (χ0) is 20.1. The number of carbonyl (C=O) groups excluding carboxylic acids is 1. The molecule has 0 aliphatic carbocycles. The Morgan fingerprint density at radius 1 is 1.29 bits per heavy atom. The van der Waals surface area contributed by atoms with Gasteiger partial charge in [0.15, 0.2) is 0 Å². The van der Waals surface area contributed by atoms with Crippen LogP contribution in [0.3, 0.4) is 0 Å². The molecule has 0 saturated carbocycles. The Morgan fingerprint density at radius 2 is 2.04 bits per heavy atom. The monoisotopic (exact) mass is 391 g/mol. The van der Waals surface area contributed by atoms with Crippen LogP contribution in [0.2, 0.25) is 6.32 Å². The summed E-state index contributed by atoms with van der Waals surface area (Å²) in [6, 6.07) is 3.41. The standard InChI is InChI=1S/C18H24BN2O7/c1-10-2-4-13(20-10)17(22)21-8-12(9-21)27-14-5-3-11-6-7-19(25,26)28-16(11)15(14)18(23)24/h3,5,10,12-13,20,25-26H,2,4,6-9H2,1H3,(H,23,24)/q-1/t10-,13-/m0/s1. The van der Waals surface area contributed by atoms with Crippen LogP contribution < -0.4 is 14.7 Å². The minimum Gasteiger partial charge on any atom is -0.669 e. The van der Waals surface area contributed by atoms with Crippen molar-refractivity contribution in [2.45, 2.75) is 50.7 Å². The van der Waals surface area contributed by atoms with E-state index >= 15 is 0 Å². The second kappa shape index (κ2) is 6.95. The quantitative estimate of drug-likeness (QED) is 0.527. The van der Waals surface area contributed by atoms with Crippen molar-refractivity contribution in [3.8, 4) is 11.5 Å². The topological polar surface area (TPSA) is 129 Å². The van der Waals surface area contributed by atoms with E-state index in [1.165, 1.54) is 0 Å². The van der Waals surface area contributed by atoms with Crippen molar-refractivity contribution in [1.29, 1.82) is 0 Å². The summed E-state index contributed by atoms with van der Waals surface area (Å²) in [7, 11) is 0. The predicted molar refractivity (Wildman–Crippen MR) is 99.3 cm³/mol. The Morgan fingerprint density at radius 3 is 2.68 bits per heavy atom. The summed E-state index contributed by atoms with van der Waals surface area (Å²) < 4.78 is 11.0. The highest BCUT2D eigenvalue weighted by molar-refractivity contribution is 6.59. The second-order valence-corrected chi connectivity index (χ2v) is 7.93. The number of ether oxygens (including phenoxy) is 1. The summed E-state index contributed by atoms with van der Waals surface area (Å²) in [4.78, 5) is 25.9. The van der Waals surface area contributed by atoms with Crippen LogP contribution >= 0.6 is 0 Å². The largest absolute Gasteiger partial charge is 0.669 e. The average molecular weight is 391 g/mol. The number of likely N-dealkylation sites (tertiary alicyclic amines) is 1. The zero-order valence-corrected chi connectivity index (χ0v) is 15.6. The minimum absolute atomic E-state index is 0.0137. The maximum atomic E-state index is 12.4. The Kier molecular flexibility index (Phi) is 4.72. The molecule has 3 aliphatic heterocycles. The molecular formula is C18H24BN2O7-. The molecule has 2 saturated heterocycles. The summed E-state index contributed by atoms with van der Waals surface area (Å²) in [5, 5.41) is 32.5. The molecule has 1 aromatic rings. The van der Waals surface area contributed by atoms with Crippen LogP contribution in [0.15, 0.2) is 12.1 Å². The van der Waals surface area contributed by atoms with E-state index in [1.807, 2.05) is 0 Å². The Hall–Kier alpha value is -2.30. The van der Waals surface area contributed by atoms with Gasteiger partial charge in [-0.1, -0.05) is 12.4 Å². The number of aromatic carboxylic acids is 1. The van der Waals surface area contributed by atoms with E-state index in [0.717, 1.165) is 12.8 Å². The van der Waals surface area contributed by atoms with Gasteiger partial charge in [-0.2, -0.15) is 0 Å². The second-order valence-electron chi connectivity index (χ2n) is 7.93. The number of aryl methyl sites for hydroxylation is 1. The van der Waals surface area contributed by atoms with Crippen molar-refractivity contribution < 1.29 is 34.1 Å². The maximum absolute atomic E-state index is 12.4. The van der Waals surface area contributed by atoms with Crippen molar-refractivity contribution in [3.63, 3.8) is 0 Å². The van der Waals surface area contributed by atoms with Crippen molar-refractivity contribution in [3.05, 3.63) is 23.3 Å². The van der Waals surface area contributed by atoms with E-state index in [2.05, 4.69) is 12.2 Å². The number of carboxylic acids is 1. The molecule has 2 fully saturated rings. The van der Waals surface area contributed by atoms with Crippen molar-refractivity contribution in [1.82, 2.24) is 10.2 Å². The number of benzene rings is 1. The van der Waals surface area contributed by atoms with Crippen LogP contribution in [0.1, 0.15) is 35.7 Å². The molecule has 4 N–H and O–H groups in total. The SMILES string of the molecule is C[C@H]1CC[C@@H](C(=O)N2CC(Oc3ccc4c(c3C(=O)O)O[B-](O)(O)CC4)C2)N1. The van der Waals surface area contributed by atoms with Crippen LogP contribution in [0.25, 0.3) is 0 Å². The van der Waals surface area contributed by atoms with Crippen LogP contribution in [-0.2, 0) is 11.2 Å². The molecule has 9 nitrogen and oxygen atoms in total. The fourth-order valence-corrected chi connectivity index (χ4v) is 4.05. The third kappa shape index (κ3) is 3.55. The number of rotatable bonds is 4. The van der Waals surface area contributed by atoms with Crippen LogP contribution in [0, 0.1) is 0 Å². The molecule has 3 aliphatic rings. The van der Waals surface area contributed by atoms with Gasteiger partial charge in [0.05, 0.1) is 24.9 Å². The van der Waals surface area contributed by atoms with Gasteiger partial charge in [0.25, 0.3) is 0 Å². The van der Waals surface area contributed by atoms with Gasteiger partial charge >= 0.3 is 12.7 Å². The molecule has 2 atom stereocenters. The maximum Gasteiger partial charge on any atom is 0.430 e. The number of carboxylic acid groups (broad SMARTS) is 1. The van der Waals surface area contributed by atoms with Gasteiger partial charge in [-0.3, -0.25) is 4.79 Å². The van der Waals surface area contributed by atoms with Gasteiger partial charge in [-0.15, -0.1) is 0 Å². The lowest BCUT2D eigenvalue weighted by Gasteiger charge is -2.41. The number of carbonyl (C=O) groups is 2. The summed E-state index contributed by atoms with van der Waals surface area (Å²) in [5.41, 5.74) is 0.375. The Labute approximate surface area is 162 Å². The lowest BCUT2D eigenvalue weighted by molar-refractivity contribution is -0.142. The summed E-state index contributed by atoms with van der Waals surface area (Å²) >= 11 is 0. The zero-order valence-electron chi connectivity index (χ0n) is 15.6. The molecule has 10 heteroatoms. The lowest BCUT2D eigenvalue weighted by atomic mass is 9.70. The molecule has 1 aromatic carbocycles. The number of amides is 1. The molecule has 152 valence electrons. The molecule has 4 rings (SSSR count). The molecule has 0 bridgehead atoms.